The van der Waals surface area contributed by atoms with Gasteiger partial charge in [-0.25, -0.2) is 4.39 Å². The largest absolute Gasteiger partial charge is 0.289 e. The minimum Gasteiger partial charge on any atom is -0.289 e. The van der Waals surface area contributed by atoms with E-state index in [1.54, 1.807) is 32.1 Å². The number of carbonyl (C=O) groups excluding carboxylic acids is 1. The molecule has 0 aliphatic heterocycles. The summed E-state index contributed by atoms with van der Waals surface area (Å²) in [6.45, 7) is 3.36. The van der Waals surface area contributed by atoms with Crippen molar-refractivity contribution in [1.29, 1.82) is 0 Å². The van der Waals surface area contributed by atoms with Crippen LogP contribution in [0, 0.1) is 12.7 Å². The fourth-order valence-corrected chi connectivity index (χ4v) is 1.12. The number of hydrogen-bond donors (Lipinski definition) is 0. The smallest absolute Gasteiger partial charge is 0.185 e. The van der Waals surface area contributed by atoms with E-state index >= 15 is 0 Å². The van der Waals surface area contributed by atoms with Gasteiger partial charge in [0.05, 0.1) is 0 Å². The molecule has 68 valence electrons. The van der Waals surface area contributed by atoms with Crippen LogP contribution >= 0.6 is 0 Å². The van der Waals surface area contributed by atoms with Crippen LogP contribution < -0.4 is 0 Å². The van der Waals surface area contributed by atoms with Gasteiger partial charge in [0, 0.05) is 5.56 Å². The minimum atomic E-state index is -0.338. The zero-order valence-electron chi connectivity index (χ0n) is 7.67. The molecule has 0 saturated heterocycles. The van der Waals surface area contributed by atoms with E-state index < -0.39 is 0 Å². The maximum absolute atomic E-state index is 13.0. The van der Waals surface area contributed by atoms with Crippen LogP contribution in [-0.4, -0.2) is 5.78 Å². The number of benzene rings is 1. The third-order valence-electron chi connectivity index (χ3n) is 1.85. The predicted octanol–water partition coefficient (Wildman–Crippen LogP) is 2.89. The van der Waals surface area contributed by atoms with Crippen LogP contribution in [-0.2, 0) is 0 Å². The van der Waals surface area contributed by atoms with Crippen molar-refractivity contribution in [2.45, 2.75) is 13.8 Å². The highest BCUT2D eigenvalue weighted by molar-refractivity contribution is 6.05. The van der Waals surface area contributed by atoms with E-state index in [0.29, 0.717) is 11.1 Å². The van der Waals surface area contributed by atoms with E-state index in [1.165, 1.54) is 12.1 Å². The van der Waals surface area contributed by atoms with Gasteiger partial charge in [-0.3, -0.25) is 4.79 Å². The van der Waals surface area contributed by atoms with Gasteiger partial charge in [0.15, 0.2) is 5.78 Å². The van der Waals surface area contributed by atoms with Gasteiger partial charge < -0.3 is 0 Å². The summed E-state index contributed by atoms with van der Waals surface area (Å²) in [5.74, 6) is -0.491. The molecule has 0 radical (unpaired) electrons. The minimum absolute atomic E-state index is 0.153. The second-order valence-corrected chi connectivity index (χ2v) is 2.78. The molecular formula is C11H11FO. The predicted molar refractivity (Wildman–Crippen MR) is 50.3 cm³/mol. The standard InChI is InChI=1S/C11H11FO/c1-3-5-11(13)9-6-4-7-10(12)8(9)2/h3-7H,1-2H3. The fourth-order valence-electron chi connectivity index (χ4n) is 1.12. The van der Waals surface area contributed by atoms with E-state index in [4.69, 9.17) is 0 Å². The number of rotatable bonds is 2. The Morgan fingerprint density at radius 2 is 2.15 bits per heavy atom. The Morgan fingerprint density at radius 1 is 1.46 bits per heavy atom. The summed E-state index contributed by atoms with van der Waals surface area (Å²) in [6.07, 6.45) is 3.08. The van der Waals surface area contributed by atoms with Crippen molar-refractivity contribution in [3.8, 4) is 0 Å². The molecule has 0 bridgehead atoms. The van der Waals surface area contributed by atoms with E-state index in [1.807, 2.05) is 0 Å². The average Bonchev–Trinajstić information content (AvgIpc) is 2.10. The molecule has 0 amide bonds. The zero-order chi connectivity index (χ0) is 9.84. The maximum atomic E-state index is 13.0. The quantitative estimate of drug-likeness (QED) is 0.502. The Morgan fingerprint density at radius 3 is 2.77 bits per heavy atom. The first-order valence-electron chi connectivity index (χ1n) is 4.09. The Kier molecular flexibility index (Phi) is 2.96. The summed E-state index contributed by atoms with van der Waals surface area (Å²) in [5.41, 5.74) is 0.837. The van der Waals surface area contributed by atoms with E-state index in [2.05, 4.69) is 0 Å². The first kappa shape index (κ1) is 9.65. The number of ketones is 1. The molecule has 0 aliphatic rings. The van der Waals surface area contributed by atoms with Crippen LogP contribution in [0.2, 0.25) is 0 Å². The third kappa shape index (κ3) is 2.02. The highest BCUT2D eigenvalue weighted by atomic mass is 19.1. The van der Waals surface area contributed by atoms with Gasteiger partial charge in [-0.2, -0.15) is 0 Å². The van der Waals surface area contributed by atoms with Crippen molar-refractivity contribution in [1.82, 2.24) is 0 Å². The molecular weight excluding hydrogens is 167 g/mol. The molecule has 0 fully saturated rings. The van der Waals surface area contributed by atoms with Gasteiger partial charge in [-0.05, 0) is 31.6 Å². The van der Waals surface area contributed by atoms with Gasteiger partial charge in [0.25, 0.3) is 0 Å². The summed E-state index contributed by atoms with van der Waals surface area (Å²) in [5, 5.41) is 0. The van der Waals surface area contributed by atoms with Gasteiger partial charge in [-0.15, -0.1) is 0 Å². The van der Waals surface area contributed by atoms with Crippen molar-refractivity contribution < 1.29 is 9.18 Å². The third-order valence-corrected chi connectivity index (χ3v) is 1.85. The molecule has 0 atom stereocenters. The number of halogens is 1. The van der Waals surface area contributed by atoms with Crippen LogP contribution in [0.25, 0.3) is 0 Å². The van der Waals surface area contributed by atoms with Crippen LogP contribution in [0.15, 0.2) is 30.4 Å². The number of allylic oxidation sites excluding steroid dienone is 2. The molecule has 0 saturated carbocycles. The van der Waals surface area contributed by atoms with Gasteiger partial charge in [-0.1, -0.05) is 18.2 Å². The molecule has 2 heteroatoms. The normalized spacial score (nSPS) is 10.7. The highest BCUT2D eigenvalue weighted by Gasteiger charge is 2.07. The first-order chi connectivity index (χ1) is 6.16. The van der Waals surface area contributed by atoms with Crippen LogP contribution in [0.5, 0.6) is 0 Å². The molecule has 1 nitrogen and oxygen atoms in total. The first-order valence-corrected chi connectivity index (χ1v) is 4.09. The number of hydrogen-bond acceptors (Lipinski definition) is 1. The summed E-state index contributed by atoms with van der Waals surface area (Å²) in [7, 11) is 0. The molecule has 13 heavy (non-hydrogen) atoms. The summed E-state index contributed by atoms with van der Waals surface area (Å²) < 4.78 is 13.0. The summed E-state index contributed by atoms with van der Waals surface area (Å²) >= 11 is 0. The molecule has 0 heterocycles. The van der Waals surface area contributed by atoms with E-state index in [-0.39, 0.29) is 11.6 Å². The second kappa shape index (κ2) is 3.99. The molecule has 0 N–H and O–H groups in total. The molecule has 1 rings (SSSR count). The second-order valence-electron chi connectivity index (χ2n) is 2.78. The number of carbonyl (C=O) groups is 1. The Balaban J connectivity index is 3.15. The highest BCUT2D eigenvalue weighted by Crippen LogP contribution is 2.12. The Labute approximate surface area is 76.9 Å². The maximum Gasteiger partial charge on any atom is 0.185 e. The van der Waals surface area contributed by atoms with E-state index in [9.17, 15) is 9.18 Å². The van der Waals surface area contributed by atoms with Gasteiger partial charge in [0.2, 0.25) is 0 Å². The lowest BCUT2D eigenvalue weighted by Gasteiger charge is -2.01. The van der Waals surface area contributed by atoms with Crippen LogP contribution in [0.3, 0.4) is 0 Å². The van der Waals surface area contributed by atoms with Crippen molar-refractivity contribution >= 4 is 5.78 Å². The monoisotopic (exact) mass is 178 g/mol. The molecule has 0 aromatic heterocycles. The van der Waals surface area contributed by atoms with Crippen molar-refractivity contribution in [2.24, 2.45) is 0 Å². The summed E-state index contributed by atoms with van der Waals surface area (Å²) in [6, 6.07) is 4.52. The van der Waals surface area contributed by atoms with Crippen LogP contribution in [0.1, 0.15) is 22.8 Å². The summed E-state index contributed by atoms with van der Waals surface area (Å²) in [4.78, 5) is 11.4. The lowest BCUT2D eigenvalue weighted by Crippen LogP contribution is -1.99. The van der Waals surface area contributed by atoms with Crippen molar-refractivity contribution in [2.75, 3.05) is 0 Å². The molecule has 0 aliphatic carbocycles. The lowest BCUT2D eigenvalue weighted by molar-refractivity contribution is 0.104. The van der Waals surface area contributed by atoms with Gasteiger partial charge >= 0.3 is 0 Å². The molecule has 0 unspecified atom stereocenters. The lowest BCUT2D eigenvalue weighted by atomic mass is 10.0. The van der Waals surface area contributed by atoms with Crippen molar-refractivity contribution in [3.05, 3.63) is 47.3 Å². The van der Waals surface area contributed by atoms with Gasteiger partial charge in [0.1, 0.15) is 5.82 Å². The fraction of sp³-hybridized carbons (Fsp3) is 0.182. The molecule has 0 spiro atoms. The SMILES string of the molecule is CC=CC(=O)c1cccc(F)c1C. The molecule has 1 aromatic carbocycles. The molecule has 1 aromatic rings. The van der Waals surface area contributed by atoms with Crippen molar-refractivity contribution in [3.63, 3.8) is 0 Å². The Hall–Kier alpha value is -1.44. The average molecular weight is 178 g/mol. The zero-order valence-corrected chi connectivity index (χ0v) is 7.67. The Bertz CT molecular complexity index is 353. The topological polar surface area (TPSA) is 17.1 Å². The van der Waals surface area contributed by atoms with E-state index in [0.717, 1.165) is 0 Å². The van der Waals surface area contributed by atoms with Crippen LogP contribution in [0.4, 0.5) is 4.39 Å².